The number of carbonyl (C=O) groups excluding carboxylic acids is 2. The molecule has 0 bridgehead atoms. The molecular formula is C21H18F4N4O4. The van der Waals surface area contributed by atoms with Crippen molar-refractivity contribution >= 4 is 22.7 Å². The predicted octanol–water partition coefficient (Wildman–Crippen LogP) is 3.13. The molecule has 12 heteroatoms. The lowest BCUT2D eigenvalue weighted by atomic mass is 10.0. The van der Waals surface area contributed by atoms with Crippen LogP contribution in [0.5, 0.6) is 0 Å². The zero-order chi connectivity index (χ0) is 23.3. The first-order valence-electron chi connectivity index (χ1n) is 10.2. The maximum atomic E-state index is 13.5. The van der Waals surface area contributed by atoms with Gasteiger partial charge in [0.15, 0.2) is 17.3 Å². The molecule has 0 radical (unpaired) electrons. The lowest BCUT2D eigenvalue weighted by Gasteiger charge is -2.26. The molecule has 1 saturated carbocycles. The molecule has 2 aliphatic rings. The number of H-pyrrole nitrogens is 1. The highest BCUT2D eigenvalue weighted by Crippen LogP contribution is 2.37. The number of fused-ring (bicyclic) bond motifs is 2. The Balaban J connectivity index is 1.32. The van der Waals surface area contributed by atoms with Gasteiger partial charge in [-0.2, -0.15) is 8.78 Å². The molecule has 0 atom stereocenters. The van der Waals surface area contributed by atoms with Gasteiger partial charge in [-0.3, -0.25) is 9.59 Å². The van der Waals surface area contributed by atoms with Crippen molar-refractivity contribution < 1.29 is 36.4 Å². The lowest BCUT2D eigenvalue weighted by molar-refractivity contribution is -0.135. The second-order valence-electron chi connectivity index (χ2n) is 8.25. The van der Waals surface area contributed by atoms with E-state index in [2.05, 4.69) is 20.2 Å². The number of hydrogen-bond donors (Lipinski definition) is 2. The summed E-state index contributed by atoms with van der Waals surface area (Å²) in [6.45, 7) is -2.94. The number of aromatic amines is 1. The Kier molecular flexibility index (Phi) is 5.11. The maximum Gasteiger partial charge on any atom is 0.345 e. The SMILES string of the molecule is O=C(NC1(COC(F)F)CC1)c1noc2c1CN(C(=O)c1cc3cc(F)c(F)cc3[nH]1)CC2. The van der Waals surface area contributed by atoms with E-state index in [0.29, 0.717) is 36.0 Å². The number of nitrogens with zero attached hydrogens (tertiary/aromatic N) is 2. The number of alkyl halides is 2. The molecule has 8 nitrogen and oxygen atoms in total. The number of halogens is 4. The first kappa shape index (κ1) is 21.4. The quantitative estimate of drug-likeness (QED) is 0.544. The Morgan fingerprint density at radius 3 is 2.73 bits per heavy atom. The predicted molar refractivity (Wildman–Crippen MR) is 105 cm³/mol. The van der Waals surface area contributed by atoms with E-state index in [-0.39, 0.29) is 36.6 Å². The molecule has 174 valence electrons. The van der Waals surface area contributed by atoms with Crippen LogP contribution >= 0.6 is 0 Å². The van der Waals surface area contributed by atoms with Gasteiger partial charge in [-0.1, -0.05) is 5.16 Å². The summed E-state index contributed by atoms with van der Waals surface area (Å²) >= 11 is 0. The van der Waals surface area contributed by atoms with E-state index in [1.54, 1.807) is 0 Å². The molecule has 0 spiro atoms. The fourth-order valence-electron chi connectivity index (χ4n) is 3.95. The lowest BCUT2D eigenvalue weighted by Crippen LogP contribution is -2.42. The van der Waals surface area contributed by atoms with Crippen LogP contribution in [0, 0.1) is 11.6 Å². The molecule has 0 unspecified atom stereocenters. The summed E-state index contributed by atoms with van der Waals surface area (Å²) in [6.07, 6.45) is 1.31. The van der Waals surface area contributed by atoms with Crippen molar-refractivity contribution in [3.05, 3.63) is 52.5 Å². The van der Waals surface area contributed by atoms with E-state index in [0.717, 1.165) is 12.1 Å². The number of benzene rings is 1. The molecule has 1 fully saturated rings. The molecular weight excluding hydrogens is 448 g/mol. The van der Waals surface area contributed by atoms with E-state index < -0.39 is 35.6 Å². The third-order valence-electron chi connectivity index (χ3n) is 5.94. The van der Waals surface area contributed by atoms with Crippen molar-refractivity contribution in [2.75, 3.05) is 13.2 Å². The molecule has 2 N–H and O–H groups in total. The summed E-state index contributed by atoms with van der Waals surface area (Å²) < 4.78 is 61.3. The average Bonchev–Trinajstić information content (AvgIpc) is 3.22. The monoisotopic (exact) mass is 466 g/mol. The molecule has 2 aromatic heterocycles. The average molecular weight is 466 g/mol. The van der Waals surface area contributed by atoms with E-state index in [4.69, 9.17) is 4.52 Å². The number of ether oxygens (including phenoxy) is 1. The number of amides is 2. The molecule has 0 saturated heterocycles. The van der Waals surface area contributed by atoms with Crippen LogP contribution in [-0.2, 0) is 17.7 Å². The molecule has 1 aliphatic heterocycles. The fraction of sp³-hybridized carbons (Fsp3) is 0.381. The first-order chi connectivity index (χ1) is 15.7. The van der Waals surface area contributed by atoms with Crippen molar-refractivity contribution in [3.8, 4) is 0 Å². The Labute approximate surface area is 183 Å². The van der Waals surface area contributed by atoms with Crippen LogP contribution in [0.1, 0.15) is 45.1 Å². The number of carbonyl (C=O) groups is 2. The van der Waals surface area contributed by atoms with Crippen molar-refractivity contribution in [2.45, 2.75) is 38.0 Å². The second-order valence-corrected chi connectivity index (χ2v) is 8.25. The topological polar surface area (TPSA) is 100 Å². The molecule has 1 aliphatic carbocycles. The smallest absolute Gasteiger partial charge is 0.345 e. The largest absolute Gasteiger partial charge is 0.360 e. The summed E-state index contributed by atoms with van der Waals surface area (Å²) in [7, 11) is 0. The Morgan fingerprint density at radius 1 is 1.24 bits per heavy atom. The van der Waals surface area contributed by atoms with Gasteiger partial charge in [-0.25, -0.2) is 8.78 Å². The van der Waals surface area contributed by atoms with E-state index in [1.807, 2.05) is 0 Å². The summed E-state index contributed by atoms with van der Waals surface area (Å²) in [5.41, 5.74) is -0.0430. The molecule has 2 amide bonds. The van der Waals surface area contributed by atoms with Gasteiger partial charge in [0.1, 0.15) is 11.5 Å². The highest BCUT2D eigenvalue weighted by Gasteiger charge is 2.46. The van der Waals surface area contributed by atoms with Gasteiger partial charge in [-0.15, -0.1) is 0 Å². The normalized spacial score (nSPS) is 16.8. The minimum Gasteiger partial charge on any atom is -0.360 e. The Hall–Kier alpha value is -3.41. The highest BCUT2D eigenvalue weighted by molar-refractivity contribution is 5.99. The van der Waals surface area contributed by atoms with Crippen molar-refractivity contribution in [2.24, 2.45) is 0 Å². The molecule has 3 heterocycles. The van der Waals surface area contributed by atoms with E-state index >= 15 is 0 Å². The second kappa shape index (κ2) is 7.87. The standard InChI is InChI=1S/C21H18F4N4O4/c22-12-5-10-6-15(26-14(10)7-13(12)23)19(31)29-4-1-16-11(8-29)17(28-33-16)18(30)27-21(2-3-21)9-32-20(24)25/h5-7,20,26H,1-4,8-9H2,(H,27,30). The number of rotatable bonds is 6. The van der Waals surface area contributed by atoms with Gasteiger partial charge in [0, 0.05) is 35.5 Å². The van der Waals surface area contributed by atoms with Gasteiger partial charge in [0.05, 0.1) is 18.7 Å². The zero-order valence-corrected chi connectivity index (χ0v) is 17.1. The maximum absolute atomic E-state index is 13.5. The molecule has 3 aromatic rings. The summed E-state index contributed by atoms with van der Waals surface area (Å²) in [5.74, 6) is -2.61. The Bertz CT molecular complexity index is 1210. The van der Waals surface area contributed by atoms with Crippen LogP contribution in [0.25, 0.3) is 10.9 Å². The minimum atomic E-state index is -2.93. The first-order valence-corrected chi connectivity index (χ1v) is 10.2. The molecule has 5 rings (SSSR count). The third-order valence-corrected chi connectivity index (χ3v) is 5.94. The summed E-state index contributed by atoms with van der Waals surface area (Å²) in [5, 5.41) is 6.85. The van der Waals surface area contributed by atoms with Crippen LogP contribution in [0.4, 0.5) is 17.6 Å². The van der Waals surface area contributed by atoms with Crippen molar-refractivity contribution in [1.82, 2.24) is 20.4 Å². The van der Waals surface area contributed by atoms with Crippen LogP contribution in [0.3, 0.4) is 0 Å². The van der Waals surface area contributed by atoms with Gasteiger partial charge in [0.25, 0.3) is 11.8 Å². The molecule has 33 heavy (non-hydrogen) atoms. The zero-order valence-electron chi connectivity index (χ0n) is 17.1. The third kappa shape index (κ3) is 4.06. The van der Waals surface area contributed by atoms with Crippen molar-refractivity contribution in [1.29, 1.82) is 0 Å². The number of aromatic nitrogens is 2. The van der Waals surface area contributed by atoms with Gasteiger partial charge < -0.3 is 24.5 Å². The van der Waals surface area contributed by atoms with Crippen LogP contribution < -0.4 is 5.32 Å². The Morgan fingerprint density at radius 2 is 2.00 bits per heavy atom. The van der Waals surface area contributed by atoms with Gasteiger partial charge in [0.2, 0.25) is 0 Å². The summed E-state index contributed by atoms with van der Waals surface area (Å²) in [6, 6.07) is 3.40. The van der Waals surface area contributed by atoms with Gasteiger partial charge in [-0.05, 0) is 25.0 Å². The highest BCUT2D eigenvalue weighted by atomic mass is 19.3. The van der Waals surface area contributed by atoms with Gasteiger partial charge >= 0.3 is 6.61 Å². The van der Waals surface area contributed by atoms with Crippen LogP contribution in [0.15, 0.2) is 22.7 Å². The molecule has 1 aromatic carbocycles. The minimum absolute atomic E-state index is 0.0217. The number of hydrogen-bond acceptors (Lipinski definition) is 5. The van der Waals surface area contributed by atoms with Crippen molar-refractivity contribution in [3.63, 3.8) is 0 Å². The fourth-order valence-corrected chi connectivity index (χ4v) is 3.95. The van der Waals surface area contributed by atoms with E-state index in [9.17, 15) is 27.2 Å². The van der Waals surface area contributed by atoms with E-state index in [1.165, 1.54) is 11.0 Å². The van der Waals surface area contributed by atoms with Crippen LogP contribution in [0.2, 0.25) is 0 Å². The van der Waals surface area contributed by atoms with Crippen LogP contribution in [-0.4, -0.2) is 52.2 Å². The number of nitrogens with one attached hydrogen (secondary N) is 2. The summed E-state index contributed by atoms with van der Waals surface area (Å²) in [4.78, 5) is 30.0.